The van der Waals surface area contributed by atoms with Crippen LogP contribution in [0.3, 0.4) is 0 Å². The summed E-state index contributed by atoms with van der Waals surface area (Å²) in [5.41, 5.74) is 6.23. The highest BCUT2D eigenvalue weighted by Gasteiger charge is 2.11. The van der Waals surface area contributed by atoms with Crippen molar-refractivity contribution in [2.75, 3.05) is 0 Å². The summed E-state index contributed by atoms with van der Waals surface area (Å²) in [6.07, 6.45) is 0.160. The Balaban J connectivity index is 1.64. The number of carbonyl (C=O) groups excluding carboxylic acids is 2. The van der Waals surface area contributed by atoms with Gasteiger partial charge < -0.3 is 0 Å². The molecule has 120 valence electrons. The fourth-order valence-corrected chi connectivity index (χ4v) is 2.58. The van der Waals surface area contributed by atoms with Gasteiger partial charge in [-0.1, -0.05) is 60.1 Å². The summed E-state index contributed by atoms with van der Waals surface area (Å²) in [6, 6.07) is 20.1. The van der Waals surface area contributed by atoms with Gasteiger partial charge in [-0.05, 0) is 34.5 Å². The topological polar surface area (TPSA) is 58.2 Å². The summed E-state index contributed by atoms with van der Waals surface area (Å²) in [4.78, 5) is 24.3. The molecule has 0 saturated carbocycles. The summed E-state index contributed by atoms with van der Waals surface area (Å²) >= 11 is 5.81. The van der Waals surface area contributed by atoms with Crippen LogP contribution in [0.25, 0.3) is 10.8 Å². The maximum atomic E-state index is 12.3. The van der Waals surface area contributed by atoms with Gasteiger partial charge in [0.05, 0.1) is 6.42 Å². The second-order valence-electron chi connectivity index (χ2n) is 5.33. The molecule has 2 N–H and O–H groups in total. The van der Waals surface area contributed by atoms with Crippen molar-refractivity contribution >= 4 is 34.2 Å². The molecule has 0 heterocycles. The summed E-state index contributed by atoms with van der Waals surface area (Å²) in [6.45, 7) is 0. The molecule has 0 radical (unpaired) electrons. The molecule has 0 aliphatic carbocycles. The van der Waals surface area contributed by atoms with E-state index in [0.717, 1.165) is 16.3 Å². The molecule has 0 unspecified atom stereocenters. The molecule has 0 spiro atoms. The second kappa shape index (κ2) is 7.15. The van der Waals surface area contributed by atoms with Gasteiger partial charge in [0, 0.05) is 10.6 Å². The van der Waals surface area contributed by atoms with E-state index in [2.05, 4.69) is 10.9 Å². The third-order valence-electron chi connectivity index (χ3n) is 3.63. The number of carbonyl (C=O) groups is 2. The van der Waals surface area contributed by atoms with Gasteiger partial charge in [0.2, 0.25) is 5.91 Å². The second-order valence-corrected chi connectivity index (χ2v) is 5.77. The third kappa shape index (κ3) is 3.73. The summed E-state index contributed by atoms with van der Waals surface area (Å²) in [5.74, 6) is -0.651. The highest BCUT2D eigenvalue weighted by molar-refractivity contribution is 6.30. The Hall–Kier alpha value is -2.85. The number of halogens is 1. The van der Waals surface area contributed by atoms with Crippen molar-refractivity contribution in [3.63, 3.8) is 0 Å². The zero-order chi connectivity index (χ0) is 16.9. The molecule has 3 rings (SSSR count). The standard InChI is InChI=1S/C19H15ClN2O2/c20-15-10-8-13(9-11-15)12-18(23)21-22-19(24)17-7-3-5-14-4-1-2-6-16(14)17/h1-11H,12H2,(H,21,23)(H,22,24). The smallest absolute Gasteiger partial charge is 0.270 e. The lowest BCUT2D eigenvalue weighted by atomic mass is 10.0. The molecule has 3 aromatic carbocycles. The van der Waals surface area contributed by atoms with Crippen molar-refractivity contribution in [1.29, 1.82) is 0 Å². The van der Waals surface area contributed by atoms with Crippen molar-refractivity contribution < 1.29 is 9.59 Å². The van der Waals surface area contributed by atoms with Crippen molar-refractivity contribution in [2.24, 2.45) is 0 Å². The van der Waals surface area contributed by atoms with E-state index < -0.39 is 0 Å². The number of rotatable bonds is 3. The Kier molecular flexibility index (Phi) is 4.77. The lowest BCUT2D eigenvalue weighted by Crippen LogP contribution is -2.42. The Morgan fingerprint density at radius 3 is 2.33 bits per heavy atom. The predicted octanol–water partition coefficient (Wildman–Crippen LogP) is 3.50. The van der Waals surface area contributed by atoms with Crippen LogP contribution < -0.4 is 10.9 Å². The first-order valence-electron chi connectivity index (χ1n) is 7.45. The Bertz CT molecular complexity index is 886. The number of hydrazine groups is 1. The zero-order valence-corrected chi connectivity index (χ0v) is 13.5. The maximum Gasteiger partial charge on any atom is 0.270 e. The van der Waals surface area contributed by atoms with Gasteiger partial charge in [-0.2, -0.15) is 0 Å². The molecule has 0 atom stereocenters. The quantitative estimate of drug-likeness (QED) is 0.718. The fraction of sp³-hybridized carbons (Fsp3) is 0.0526. The van der Waals surface area contributed by atoms with Crippen molar-refractivity contribution in [2.45, 2.75) is 6.42 Å². The van der Waals surface area contributed by atoms with Gasteiger partial charge in [0.25, 0.3) is 5.91 Å². The molecule has 0 aliphatic rings. The number of fused-ring (bicyclic) bond motifs is 1. The van der Waals surface area contributed by atoms with Gasteiger partial charge in [0.1, 0.15) is 0 Å². The molecule has 24 heavy (non-hydrogen) atoms. The molecule has 0 saturated heterocycles. The third-order valence-corrected chi connectivity index (χ3v) is 3.88. The van der Waals surface area contributed by atoms with Crippen molar-refractivity contribution in [3.8, 4) is 0 Å². The first kappa shape index (κ1) is 16.0. The lowest BCUT2D eigenvalue weighted by molar-refractivity contribution is -0.121. The SMILES string of the molecule is O=C(Cc1ccc(Cl)cc1)NNC(=O)c1cccc2ccccc12. The predicted molar refractivity (Wildman–Crippen MR) is 94.7 cm³/mol. The number of hydrogen-bond acceptors (Lipinski definition) is 2. The molecular weight excluding hydrogens is 324 g/mol. The van der Waals surface area contributed by atoms with Crippen molar-refractivity contribution in [1.82, 2.24) is 10.9 Å². The largest absolute Gasteiger partial charge is 0.273 e. The summed E-state index contributed by atoms with van der Waals surface area (Å²) in [7, 11) is 0. The van der Waals surface area contributed by atoms with Crippen LogP contribution in [-0.4, -0.2) is 11.8 Å². The zero-order valence-electron chi connectivity index (χ0n) is 12.8. The Labute approximate surface area is 144 Å². The molecule has 0 aliphatic heterocycles. The van der Waals surface area contributed by atoms with Crippen LogP contribution in [0.1, 0.15) is 15.9 Å². The highest BCUT2D eigenvalue weighted by atomic mass is 35.5. The molecule has 0 fully saturated rings. The fourth-order valence-electron chi connectivity index (χ4n) is 2.45. The van der Waals surface area contributed by atoms with Crippen LogP contribution >= 0.6 is 11.6 Å². The Morgan fingerprint density at radius 2 is 1.54 bits per heavy atom. The molecule has 5 heteroatoms. The van der Waals surface area contributed by atoms with Gasteiger partial charge in [-0.3, -0.25) is 20.4 Å². The molecule has 0 aromatic heterocycles. The monoisotopic (exact) mass is 338 g/mol. The van der Waals surface area contributed by atoms with E-state index >= 15 is 0 Å². The number of benzene rings is 3. The average Bonchev–Trinajstić information content (AvgIpc) is 2.61. The molecular formula is C19H15ClN2O2. The molecule has 0 bridgehead atoms. The van der Waals surface area contributed by atoms with E-state index in [-0.39, 0.29) is 18.2 Å². The van der Waals surface area contributed by atoms with Crippen LogP contribution in [-0.2, 0) is 11.2 Å². The van der Waals surface area contributed by atoms with E-state index in [1.54, 1.807) is 30.3 Å². The molecule has 4 nitrogen and oxygen atoms in total. The first-order chi connectivity index (χ1) is 11.6. The van der Waals surface area contributed by atoms with Gasteiger partial charge >= 0.3 is 0 Å². The van der Waals surface area contributed by atoms with Crippen LogP contribution in [0.2, 0.25) is 5.02 Å². The number of nitrogens with one attached hydrogen (secondary N) is 2. The number of hydrogen-bond donors (Lipinski definition) is 2. The van der Waals surface area contributed by atoms with Gasteiger partial charge in [-0.25, -0.2) is 0 Å². The normalized spacial score (nSPS) is 10.4. The summed E-state index contributed by atoms with van der Waals surface area (Å²) < 4.78 is 0. The minimum absolute atomic E-state index is 0.160. The Morgan fingerprint density at radius 1 is 0.833 bits per heavy atom. The van der Waals surface area contributed by atoms with Gasteiger partial charge in [-0.15, -0.1) is 0 Å². The van der Waals surface area contributed by atoms with Crippen LogP contribution in [0.5, 0.6) is 0 Å². The lowest BCUT2D eigenvalue weighted by Gasteiger charge is -2.09. The minimum atomic E-state index is -0.351. The molecule has 3 aromatic rings. The van der Waals surface area contributed by atoms with E-state index in [9.17, 15) is 9.59 Å². The molecule has 2 amide bonds. The van der Waals surface area contributed by atoms with Crippen molar-refractivity contribution in [3.05, 3.63) is 82.9 Å². The minimum Gasteiger partial charge on any atom is -0.273 e. The summed E-state index contributed by atoms with van der Waals surface area (Å²) in [5, 5.41) is 2.42. The van der Waals surface area contributed by atoms with E-state index in [1.807, 2.05) is 36.4 Å². The maximum absolute atomic E-state index is 12.3. The average molecular weight is 339 g/mol. The van der Waals surface area contributed by atoms with Crippen LogP contribution in [0, 0.1) is 0 Å². The highest BCUT2D eigenvalue weighted by Crippen LogP contribution is 2.18. The van der Waals surface area contributed by atoms with Crippen LogP contribution in [0.15, 0.2) is 66.7 Å². The van der Waals surface area contributed by atoms with Gasteiger partial charge in [0.15, 0.2) is 0 Å². The van der Waals surface area contributed by atoms with E-state index in [1.165, 1.54) is 0 Å². The van der Waals surface area contributed by atoms with E-state index in [0.29, 0.717) is 10.6 Å². The number of amides is 2. The van der Waals surface area contributed by atoms with Crippen LogP contribution in [0.4, 0.5) is 0 Å². The van der Waals surface area contributed by atoms with E-state index in [4.69, 9.17) is 11.6 Å². The first-order valence-corrected chi connectivity index (χ1v) is 7.83.